The highest BCUT2D eigenvalue weighted by Crippen LogP contribution is 2.38. The van der Waals surface area contributed by atoms with E-state index in [1.165, 1.54) is 18.9 Å². The highest BCUT2D eigenvalue weighted by atomic mass is 79.9. The number of benzene rings is 2. The largest absolute Gasteiger partial charge is 0.503 e. The van der Waals surface area contributed by atoms with Gasteiger partial charge in [0, 0.05) is 0 Å². The Bertz CT molecular complexity index is 963. The smallest absolute Gasteiger partial charge is 0.264 e. The van der Waals surface area contributed by atoms with E-state index < -0.39 is 0 Å². The predicted octanol–water partition coefficient (Wildman–Crippen LogP) is 5.36. The predicted molar refractivity (Wildman–Crippen MR) is 110 cm³/mol. The number of phenolic OH excluding ortho intramolecular Hbond substituents is 1. The molecule has 134 valence electrons. The van der Waals surface area contributed by atoms with Gasteiger partial charge in [0.1, 0.15) is 0 Å². The molecule has 1 saturated heterocycles. The molecule has 1 aliphatic heterocycles. The van der Waals surface area contributed by atoms with Crippen LogP contribution in [0.2, 0.25) is 10.0 Å². The molecule has 2 aromatic rings. The molecule has 1 heterocycles. The fourth-order valence-electron chi connectivity index (χ4n) is 2.15. The monoisotopic (exact) mass is 472 g/mol. The third kappa shape index (κ3) is 4.01. The molecule has 3 rings (SSSR count). The fraction of sp³-hybridized carbons (Fsp3) is 0.0588. The number of aliphatic imine (C=N–C) groups is 1. The van der Waals surface area contributed by atoms with E-state index >= 15 is 0 Å². The Hall–Kier alpha value is -1.67. The van der Waals surface area contributed by atoms with Crippen LogP contribution in [0, 0.1) is 0 Å². The maximum Gasteiger partial charge on any atom is 0.264 e. The van der Waals surface area contributed by atoms with Crippen molar-refractivity contribution in [3.05, 3.63) is 55.3 Å². The molecule has 5 nitrogen and oxygen atoms in total. The van der Waals surface area contributed by atoms with Crippen molar-refractivity contribution in [2.75, 3.05) is 7.11 Å². The van der Waals surface area contributed by atoms with Gasteiger partial charge >= 0.3 is 0 Å². The zero-order valence-corrected chi connectivity index (χ0v) is 17.1. The summed E-state index contributed by atoms with van der Waals surface area (Å²) in [4.78, 5) is 17.0. The van der Waals surface area contributed by atoms with Gasteiger partial charge in [-0.2, -0.15) is 0 Å². The van der Waals surface area contributed by atoms with Gasteiger partial charge in [-0.1, -0.05) is 29.3 Å². The molecule has 2 aromatic carbocycles. The summed E-state index contributed by atoms with van der Waals surface area (Å²) in [6, 6.07) is 8.41. The second-order valence-corrected chi connectivity index (χ2v) is 7.78. The molecule has 0 spiro atoms. The van der Waals surface area contributed by atoms with Crippen molar-refractivity contribution in [3.63, 3.8) is 0 Å². The van der Waals surface area contributed by atoms with Crippen LogP contribution >= 0.6 is 50.9 Å². The Labute approximate surface area is 172 Å². The Morgan fingerprint density at radius 2 is 2.12 bits per heavy atom. The van der Waals surface area contributed by atoms with E-state index in [1.807, 2.05) is 0 Å². The third-order valence-corrected chi connectivity index (χ3v) is 5.70. The van der Waals surface area contributed by atoms with E-state index in [4.69, 9.17) is 27.9 Å². The fourth-order valence-corrected chi connectivity index (χ4v) is 3.79. The van der Waals surface area contributed by atoms with Crippen molar-refractivity contribution in [3.8, 4) is 11.5 Å². The number of methoxy groups -OCH3 is 1. The van der Waals surface area contributed by atoms with Gasteiger partial charge in [0.15, 0.2) is 16.7 Å². The Balaban J connectivity index is 1.91. The number of rotatable bonds is 3. The first-order valence-electron chi connectivity index (χ1n) is 7.19. The number of nitrogens with one attached hydrogen (secondary N) is 1. The quantitative estimate of drug-likeness (QED) is 0.588. The van der Waals surface area contributed by atoms with Gasteiger partial charge < -0.3 is 15.2 Å². The summed E-state index contributed by atoms with van der Waals surface area (Å²) in [5.74, 6) is 0.0142. The Kier molecular flexibility index (Phi) is 5.82. The maximum atomic E-state index is 12.2. The van der Waals surface area contributed by atoms with Crippen molar-refractivity contribution in [2.45, 2.75) is 0 Å². The van der Waals surface area contributed by atoms with Crippen molar-refractivity contribution in [1.29, 1.82) is 0 Å². The number of halogens is 3. The number of hydrogen-bond acceptors (Lipinski definition) is 5. The summed E-state index contributed by atoms with van der Waals surface area (Å²) in [5, 5.41) is 13.7. The number of phenols is 1. The molecule has 1 amide bonds. The molecule has 1 fully saturated rings. The highest BCUT2D eigenvalue weighted by Gasteiger charge is 2.24. The summed E-state index contributed by atoms with van der Waals surface area (Å²) in [7, 11) is 1.45. The summed E-state index contributed by atoms with van der Waals surface area (Å²) >= 11 is 16.5. The first-order chi connectivity index (χ1) is 12.4. The molecule has 0 radical (unpaired) electrons. The number of thioether (sulfide) groups is 1. The molecular weight excluding hydrogens is 463 g/mol. The van der Waals surface area contributed by atoms with Crippen LogP contribution in [0.4, 0.5) is 5.69 Å². The minimum absolute atomic E-state index is 0.00368. The van der Waals surface area contributed by atoms with Gasteiger partial charge in [-0.3, -0.25) is 4.79 Å². The van der Waals surface area contributed by atoms with Crippen LogP contribution in [-0.4, -0.2) is 23.3 Å². The maximum absolute atomic E-state index is 12.2. The number of carbonyl (C=O) groups is 1. The molecule has 0 aromatic heterocycles. The molecule has 1 aliphatic rings. The van der Waals surface area contributed by atoms with Gasteiger partial charge in [-0.25, -0.2) is 4.99 Å². The SMILES string of the molecule is COc1cc(/C=C2\SC(=Nc3cccc(Cl)c3Cl)NC2=O)cc(Br)c1O. The molecule has 0 atom stereocenters. The van der Waals surface area contributed by atoms with E-state index in [2.05, 4.69) is 26.2 Å². The van der Waals surface area contributed by atoms with Crippen LogP contribution in [0.15, 0.2) is 44.7 Å². The third-order valence-electron chi connectivity index (χ3n) is 3.37. The first-order valence-corrected chi connectivity index (χ1v) is 9.55. The number of hydrogen-bond donors (Lipinski definition) is 2. The lowest BCUT2D eigenvalue weighted by molar-refractivity contribution is -0.115. The molecule has 26 heavy (non-hydrogen) atoms. The lowest BCUT2D eigenvalue weighted by atomic mass is 10.2. The van der Waals surface area contributed by atoms with E-state index in [0.29, 0.717) is 41.6 Å². The number of amidine groups is 1. The minimum Gasteiger partial charge on any atom is -0.503 e. The Morgan fingerprint density at radius 1 is 1.35 bits per heavy atom. The van der Waals surface area contributed by atoms with Crippen molar-refractivity contribution in [2.24, 2.45) is 4.99 Å². The van der Waals surface area contributed by atoms with Gasteiger partial charge in [-0.15, -0.1) is 0 Å². The molecular formula is C17H11BrCl2N2O3S. The van der Waals surface area contributed by atoms with Crippen molar-refractivity contribution < 1.29 is 14.6 Å². The molecule has 0 bridgehead atoms. The summed E-state index contributed by atoms with van der Waals surface area (Å²) in [6.07, 6.45) is 1.68. The summed E-state index contributed by atoms with van der Waals surface area (Å²) in [6.45, 7) is 0. The highest BCUT2D eigenvalue weighted by molar-refractivity contribution is 9.10. The summed E-state index contributed by atoms with van der Waals surface area (Å²) in [5.41, 5.74) is 1.16. The second kappa shape index (κ2) is 7.92. The van der Waals surface area contributed by atoms with E-state index in [9.17, 15) is 9.90 Å². The lowest BCUT2D eigenvalue weighted by Crippen LogP contribution is -2.19. The summed E-state index contributed by atoms with van der Waals surface area (Å²) < 4.78 is 5.58. The molecule has 0 saturated carbocycles. The number of amides is 1. The van der Waals surface area contributed by atoms with Crippen LogP contribution in [0.25, 0.3) is 6.08 Å². The molecule has 0 aliphatic carbocycles. The number of ether oxygens (including phenoxy) is 1. The Morgan fingerprint density at radius 3 is 2.85 bits per heavy atom. The van der Waals surface area contributed by atoms with E-state index in [1.54, 1.807) is 36.4 Å². The van der Waals surface area contributed by atoms with E-state index in [0.717, 1.165) is 0 Å². The lowest BCUT2D eigenvalue weighted by Gasteiger charge is -2.06. The number of aromatic hydroxyl groups is 1. The molecule has 0 unspecified atom stereocenters. The van der Waals surface area contributed by atoms with E-state index in [-0.39, 0.29) is 11.7 Å². The number of carbonyl (C=O) groups excluding carboxylic acids is 1. The minimum atomic E-state index is -0.282. The standard InChI is InChI=1S/C17H11BrCl2N2O3S/c1-25-12-6-8(5-9(18)15(12)23)7-13-16(24)22-17(26-13)21-11-4-2-3-10(19)14(11)20/h2-7,23H,1H3,(H,21,22,24)/b13-7-. The molecule has 2 N–H and O–H groups in total. The van der Waals surface area contributed by atoms with Crippen LogP contribution in [-0.2, 0) is 4.79 Å². The van der Waals surface area contributed by atoms with Gasteiger partial charge in [0.25, 0.3) is 5.91 Å². The van der Waals surface area contributed by atoms with Gasteiger partial charge in [-0.05, 0) is 63.6 Å². The van der Waals surface area contributed by atoms with Crippen molar-refractivity contribution >= 4 is 73.7 Å². The van der Waals surface area contributed by atoms with Gasteiger partial charge in [0.05, 0.1) is 32.2 Å². The van der Waals surface area contributed by atoms with Crippen LogP contribution in [0.3, 0.4) is 0 Å². The first kappa shape index (κ1) is 19.1. The zero-order chi connectivity index (χ0) is 18.8. The van der Waals surface area contributed by atoms with Gasteiger partial charge in [0.2, 0.25) is 0 Å². The zero-order valence-electron chi connectivity index (χ0n) is 13.2. The van der Waals surface area contributed by atoms with Crippen LogP contribution < -0.4 is 10.1 Å². The topological polar surface area (TPSA) is 70.9 Å². The molecule has 9 heteroatoms. The second-order valence-electron chi connectivity index (χ2n) is 5.11. The number of nitrogens with zero attached hydrogens (tertiary/aromatic N) is 1. The van der Waals surface area contributed by atoms with Crippen LogP contribution in [0.1, 0.15) is 5.56 Å². The average Bonchev–Trinajstić information content (AvgIpc) is 2.94. The average molecular weight is 474 g/mol. The van der Waals surface area contributed by atoms with Crippen LogP contribution in [0.5, 0.6) is 11.5 Å². The van der Waals surface area contributed by atoms with Crippen molar-refractivity contribution in [1.82, 2.24) is 5.32 Å². The normalized spacial score (nSPS) is 17.0.